The van der Waals surface area contributed by atoms with Gasteiger partial charge in [-0.2, -0.15) is 0 Å². The van der Waals surface area contributed by atoms with E-state index in [1.165, 1.54) is 42.5 Å². The van der Waals surface area contributed by atoms with Crippen LogP contribution in [0.1, 0.15) is 80.8 Å². The smallest absolute Gasteiger partial charge is 0.407 e. The monoisotopic (exact) mass is 516 g/mol. The van der Waals surface area contributed by atoms with Gasteiger partial charge in [-0.3, -0.25) is 14.8 Å². The van der Waals surface area contributed by atoms with Gasteiger partial charge in [0, 0.05) is 38.4 Å². The minimum absolute atomic E-state index is 0.0754. The second-order valence-corrected chi connectivity index (χ2v) is 12.3. The van der Waals surface area contributed by atoms with Crippen molar-refractivity contribution in [1.82, 2.24) is 20.1 Å². The number of aryl methyl sites for hydroxylation is 1. The Hall–Kier alpha value is -2.70. The molecule has 1 saturated carbocycles. The van der Waals surface area contributed by atoms with Crippen molar-refractivity contribution in [3.63, 3.8) is 0 Å². The number of hydrogen-bond donors (Lipinski definition) is 2. The molecule has 0 saturated heterocycles. The largest absolute Gasteiger partial charge is 0.465 e. The molecule has 0 unspecified atom stereocenters. The maximum atomic E-state index is 12.3. The van der Waals surface area contributed by atoms with Crippen molar-refractivity contribution in [3.8, 4) is 0 Å². The van der Waals surface area contributed by atoms with Crippen molar-refractivity contribution in [3.05, 3.63) is 77.1 Å². The molecule has 6 heteroatoms. The van der Waals surface area contributed by atoms with E-state index < -0.39 is 6.09 Å². The highest BCUT2D eigenvalue weighted by Gasteiger charge is 2.34. The molecule has 6 nitrogen and oxygen atoms in total. The molecule has 5 rings (SSSR count). The summed E-state index contributed by atoms with van der Waals surface area (Å²) in [5.74, 6) is 0. The van der Waals surface area contributed by atoms with Crippen LogP contribution < -0.4 is 5.32 Å². The maximum absolute atomic E-state index is 12.3. The molecule has 1 amide bonds. The van der Waals surface area contributed by atoms with Gasteiger partial charge in [-0.25, -0.2) is 4.79 Å². The first kappa shape index (κ1) is 26.9. The molecule has 38 heavy (non-hydrogen) atoms. The lowest BCUT2D eigenvalue weighted by Gasteiger charge is -2.41. The maximum Gasteiger partial charge on any atom is 0.407 e. The van der Waals surface area contributed by atoms with Crippen LogP contribution in [-0.2, 0) is 19.4 Å². The molecule has 2 aromatic rings. The van der Waals surface area contributed by atoms with Crippen molar-refractivity contribution in [2.24, 2.45) is 5.41 Å². The summed E-state index contributed by atoms with van der Waals surface area (Å²) in [4.78, 5) is 21.2. The summed E-state index contributed by atoms with van der Waals surface area (Å²) >= 11 is 0. The first-order valence-electron chi connectivity index (χ1n) is 14.5. The Morgan fingerprint density at radius 1 is 1.11 bits per heavy atom. The van der Waals surface area contributed by atoms with E-state index >= 15 is 0 Å². The van der Waals surface area contributed by atoms with E-state index in [9.17, 15) is 9.90 Å². The molecule has 0 spiro atoms. The molecule has 1 fully saturated rings. The second kappa shape index (κ2) is 12.0. The Labute approximate surface area is 228 Å². The van der Waals surface area contributed by atoms with E-state index in [4.69, 9.17) is 4.98 Å². The number of pyridine rings is 1. The molecule has 2 aliphatic carbocycles. The van der Waals surface area contributed by atoms with Crippen LogP contribution in [0.25, 0.3) is 0 Å². The Morgan fingerprint density at radius 2 is 1.87 bits per heavy atom. The van der Waals surface area contributed by atoms with Crippen LogP contribution in [0.2, 0.25) is 0 Å². The normalized spacial score (nSPS) is 23.4. The highest BCUT2D eigenvalue weighted by atomic mass is 16.4. The number of carboxylic acid groups (broad SMARTS) is 1. The van der Waals surface area contributed by atoms with E-state index in [0.29, 0.717) is 24.5 Å². The van der Waals surface area contributed by atoms with Crippen LogP contribution in [0.5, 0.6) is 0 Å². The molecule has 204 valence electrons. The van der Waals surface area contributed by atoms with Gasteiger partial charge in [0.2, 0.25) is 0 Å². The van der Waals surface area contributed by atoms with Gasteiger partial charge in [0.05, 0.1) is 17.8 Å². The molecule has 0 radical (unpaired) electrons. The quantitative estimate of drug-likeness (QED) is 0.423. The lowest BCUT2D eigenvalue weighted by atomic mass is 9.75. The number of amides is 1. The summed E-state index contributed by atoms with van der Waals surface area (Å²) in [6.45, 7) is 7.61. The van der Waals surface area contributed by atoms with Crippen molar-refractivity contribution in [2.75, 3.05) is 19.6 Å². The second-order valence-electron chi connectivity index (χ2n) is 12.3. The number of nitrogens with one attached hydrogen (secondary N) is 1. The zero-order valence-corrected chi connectivity index (χ0v) is 23.1. The van der Waals surface area contributed by atoms with Crippen molar-refractivity contribution >= 4 is 6.09 Å². The highest BCUT2D eigenvalue weighted by Crippen LogP contribution is 2.36. The predicted octanol–water partition coefficient (Wildman–Crippen LogP) is 5.98. The third-order valence-electron chi connectivity index (χ3n) is 9.02. The third kappa shape index (κ3) is 6.47. The summed E-state index contributed by atoms with van der Waals surface area (Å²) in [6, 6.07) is 13.3. The predicted molar refractivity (Wildman–Crippen MR) is 152 cm³/mol. The van der Waals surface area contributed by atoms with Crippen LogP contribution in [0.15, 0.2) is 54.7 Å². The Morgan fingerprint density at radius 3 is 2.66 bits per heavy atom. The van der Waals surface area contributed by atoms with Crippen LogP contribution in [0, 0.1) is 5.41 Å². The Kier molecular flexibility index (Phi) is 8.49. The zero-order valence-electron chi connectivity index (χ0n) is 23.1. The van der Waals surface area contributed by atoms with Gasteiger partial charge in [-0.05, 0) is 79.5 Å². The topological polar surface area (TPSA) is 68.7 Å². The number of rotatable bonds is 8. The molecule has 3 aliphatic rings. The molecule has 1 aliphatic heterocycles. The number of benzene rings is 1. The Bertz CT molecular complexity index is 1120. The fraction of sp³-hybridized carbons (Fsp3) is 0.562. The highest BCUT2D eigenvalue weighted by molar-refractivity contribution is 5.66. The fourth-order valence-corrected chi connectivity index (χ4v) is 6.65. The standard InChI is InChI=1S/C32H44N4O2/c1-32(2)16-14-27(15-17-32)33-18-5-6-20-35(29-13-7-11-24-12-8-19-34-30(24)29)23-28-21-25-9-3-4-10-26(25)22-36(28)31(37)38/h3-6,8-10,12,19,27-29,33H,7,11,13-18,20-23H2,1-2H3,(H,37,38)/b6-5+/t28-,29+/m1/s1. The molecular weight excluding hydrogens is 472 g/mol. The number of carbonyl (C=O) groups is 1. The number of hydrogen-bond acceptors (Lipinski definition) is 4. The first-order chi connectivity index (χ1) is 18.4. The Balaban J connectivity index is 1.29. The van der Waals surface area contributed by atoms with Crippen LogP contribution in [0.3, 0.4) is 0 Å². The van der Waals surface area contributed by atoms with Gasteiger partial charge in [0.25, 0.3) is 0 Å². The van der Waals surface area contributed by atoms with Crippen molar-refractivity contribution < 1.29 is 9.90 Å². The number of aromatic nitrogens is 1. The summed E-state index contributed by atoms with van der Waals surface area (Å²) in [5, 5.41) is 13.8. The molecule has 0 bridgehead atoms. The van der Waals surface area contributed by atoms with Crippen LogP contribution in [0.4, 0.5) is 4.79 Å². The average Bonchev–Trinajstić information content (AvgIpc) is 2.92. The summed E-state index contributed by atoms with van der Waals surface area (Å²) in [5.41, 5.74) is 5.39. The molecule has 1 aromatic heterocycles. The SMILES string of the molecule is CC1(C)CCC(NC/C=C/CN(C[C@H]2Cc3ccccc3CN2C(=O)O)[C@H]2CCCc3cccnc32)CC1. The van der Waals surface area contributed by atoms with E-state index in [2.05, 4.69) is 60.5 Å². The van der Waals surface area contributed by atoms with Gasteiger partial charge in [-0.1, -0.05) is 56.3 Å². The van der Waals surface area contributed by atoms with E-state index in [-0.39, 0.29) is 12.1 Å². The molecule has 2 heterocycles. The van der Waals surface area contributed by atoms with Gasteiger partial charge in [0.15, 0.2) is 0 Å². The lowest BCUT2D eigenvalue weighted by Crippen LogP contribution is -2.50. The number of fused-ring (bicyclic) bond motifs is 2. The summed E-state index contributed by atoms with van der Waals surface area (Å²) < 4.78 is 0. The summed E-state index contributed by atoms with van der Waals surface area (Å²) in [7, 11) is 0. The number of nitrogens with zero attached hydrogens (tertiary/aromatic N) is 3. The van der Waals surface area contributed by atoms with Crippen molar-refractivity contribution in [1.29, 1.82) is 0 Å². The average molecular weight is 517 g/mol. The minimum Gasteiger partial charge on any atom is -0.465 e. The van der Waals surface area contributed by atoms with Gasteiger partial charge < -0.3 is 10.4 Å². The van der Waals surface area contributed by atoms with E-state index in [0.717, 1.165) is 44.3 Å². The minimum atomic E-state index is -0.831. The van der Waals surface area contributed by atoms with Crippen LogP contribution in [-0.4, -0.2) is 57.7 Å². The first-order valence-corrected chi connectivity index (χ1v) is 14.5. The molecule has 2 N–H and O–H groups in total. The van der Waals surface area contributed by atoms with Gasteiger partial charge >= 0.3 is 6.09 Å². The van der Waals surface area contributed by atoms with Crippen molar-refractivity contribution in [2.45, 2.75) is 89.9 Å². The zero-order chi connectivity index (χ0) is 26.5. The molecule has 1 aromatic carbocycles. The summed E-state index contributed by atoms with van der Waals surface area (Å²) in [6.07, 6.45) is 14.7. The van der Waals surface area contributed by atoms with Gasteiger partial charge in [0.1, 0.15) is 0 Å². The van der Waals surface area contributed by atoms with Gasteiger partial charge in [-0.15, -0.1) is 0 Å². The van der Waals surface area contributed by atoms with Crippen LogP contribution >= 0.6 is 0 Å². The molecular formula is C32H44N4O2. The fourth-order valence-electron chi connectivity index (χ4n) is 6.65. The lowest BCUT2D eigenvalue weighted by molar-refractivity contribution is 0.0837. The third-order valence-corrected chi connectivity index (χ3v) is 9.02. The van der Waals surface area contributed by atoms with E-state index in [1.807, 2.05) is 18.3 Å². The molecule has 2 atom stereocenters. The van der Waals surface area contributed by atoms with E-state index in [1.54, 1.807) is 4.90 Å².